The molecule has 1 aliphatic carbocycles. The van der Waals surface area contributed by atoms with E-state index in [1.54, 1.807) is 17.8 Å². The molecule has 208 valence electrons. The molecule has 2 aromatic heterocycles. The normalized spacial score (nSPS) is 19.3. The zero-order valence-corrected chi connectivity index (χ0v) is 23.5. The van der Waals surface area contributed by atoms with Crippen LogP contribution in [0.2, 0.25) is 0 Å². The van der Waals surface area contributed by atoms with Crippen LogP contribution in [0, 0.1) is 11.3 Å². The number of aryl methyl sites for hydroxylation is 1. The molecule has 1 aromatic carbocycles. The van der Waals surface area contributed by atoms with Gasteiger partial charge >= 0.3 is 0 Å². The van der Waals surface area contributed by atoms with Crippen LogP contribution in [0.15, 0.2) is 41.5 Å². The van der Waals surface area contributed by atoms with Gasteiger partial charge in [0.05, 0.1) is 17.9 Å². The van der Waals surface area contributed by atoms with Gasteiger partial charge in [-0.3, -0.25) is 14.4 Å². The number of H-pyrrole nitrogens is 1. The maximum atomic E-state index is 13.4. The molecular formula is C31H41N5O3. The van der Waals surface area contributed by atoms with E-state index in [2.05, 4.69) is 22.2 Å². The van der Waals surface area contributed by atoms with Gasteiger partial charge in [-0.25, -0.2) is 4.98 Å². The van der Waals surface area contributed by atoms with Gasteiger partial charge in [0.25, 0.3) is 5.56 Å². The maximum absolute atomic E-state index is 13.4. The number of hydrogen-bond donors (Lipinski definition) is 2. The Morgan fingerprint density at radius 2 is 1.95 bits per heavy atom. The fourth-order valence-corrected chi connectivity index (χ4v) is 6.08. The number of ketones is 1. The number of hydrogen-bond acceptors (Lipinski definition) is 5. The van der Waals surface area contributed by atoms with Crippen LogP contribution in [0.3, 0.4) is 0 Å². The van der Waals surface area contributed by atoms with Gasteiger partial charge in [-0.2, -0.15) is 0 Å². The summed E-state index contributed by atoms with van der Waals surface area (Å²) in [7, 11) is 3.90. The summed E-state index contributed by atoms with van der Waals surface area (Å²) in [5.41, 5.74) is 1.97. The van der Waals surface area contributed by atoms with E-state index in [0.29, 0.717) is 24.0 Å². The molecular weight excluding hydrogens is 490 g/mol. The molecule has 1 amide bonds. The van der Waals surface area contributed by atoms with E-state index in [4.69, 9.17) is 4.98 Å². The van der Waals surface area contributed by atoms with Gasteiger partial charge in [0.1, 0.15) is 11.6 Å². The molecule has 8 nitrogen and oxygen atoms in total. The number of Topliss-reactive ketones (excluding diaryl/α,β-unsaturated/α-hetero) is 1. The van der Waals surface area contributed by atoms with Crippen molar-refractivity contribution < 1.29 is 9.59 Å². The van der Waals surface area contributed by atoms with Crippen molar-refractivity contribution in [3.63, 3.8) is 0 Å². The number of nitrogens with one attached hydrogen (secondary N) is 2. The average molecular weight is 532 g/mol. The first-order valence-electron chi connectivity index (χ1n) is 14.4. The fourth-order valence-electron chi connectivity index (χ4n) is 6.08. The SMILES string of the molecule is CCC(=O)CCCCC[C@H](NC(=O)[C@H]1CC12CCN(C)CC2)c1ncc(-c2ccc3c(=O)n(C)ccc3c2)[nH]1. The highest BCUT2D eigenvalue weighted by molar-refractivity contribution is 5.86. The number of rotatable bonds is 11. The number of nitrogens with zero attached hydrogens (tertiary/aromatic N) is 3. The summed E-state index contributed by atoms with van der Waals surface area (Å²) in [6.07, 6.45) is 11.5. The van der Waals surface area contributed by atoms with Crippen LogP contribution < -0.4 is 10.9 Å². The molecule has 2 fully saturated rings. The predicted octanol–water partition coefficient (Wildman–Crippen LogP) is 4.75. The number of amides is 1. The maximum Gasteiger partial charge on any atom is 0.258 e. The Kier molecular flexibility index (Phi) is 8.03. The predicted molar refractivity (Wildman–Crippen MR) is 153 cm³/mol. The third kappa shape index (κ3) is 6.01. The van der Waals surface area contributed by atoms with Gasteiger partial charge in [0.2, 0.25) is 5.91 Å². The van der Waals surface area contributed by atoms with Crippen molar-refractivity contribution in [2.75, 3.05) is 20.1 Å². The van der Waals surface area contributed by atoms with Crippen LogP contribution in [0.4, 0.5) is 0 Å². The Hall–Kier alpha value is -3.26. The number of aromatic nitrogens is 3. The first kappa shape index (κ1) is 27.3. The summed E-state index contributed by atoms with van der Waals surface area (Å²) in [6.45, 7) is 4.03. The topological polar surface area (TPSA) is 100 Å². The lowest BCUT2D eigenvalue weighted by atomic mass is 9.91. The van der Waals surface area contributed by atoms with Crippen LogP contribution in [-0.2, 0) is 16.6 Å². The number of aromatic amines is 1. The van der Waals surface area contributed by atoms with Gasteiger partial charge in [-0.1, -0.05) is 25.8 Å². The fraction of sp³-hybridized carbons (Fsp3) is 0.548. The standard InChI is InChI=1S/C31H41N5O3/c1-4-23(37)8-6-5-7-9-26(34-29(38)25-19-31(25)13-16-35(2)17-14-31)28-32-20-27(33-28)22-10-11-24-21(18-22)12-15-36(3)30(24)39/h10-12,15,18,20,25-26H,4-9,13-14,16-17,19H2,1-3H3,(H,32,33)(H,34,38)/t25-,26+/m1/s1. The molecule has 39 heavy (non-hydrogen) atoms. The van der Waals surface area contributed by atoms with Crippen LogP contribution >= 0.6 is 0 Å². The van der Waals surface area contributed by atoms with E-state index in [0.717, 1.165) is 80.5 Å². The molecule has 2 aliphatic rings. The first-order valence-corrected chi connectivity index (χ1v) is 14.4. The smallest absolute Gasteiger partial charge is 0.258 e. The Balaban J connectivity index is 1.30. The number of piperidine rings is 1. The lowest BCUT2D eigenvalue weighted by molar-refractivity contribution is -0.124. The van der Waals surface area contributed by atoms with Crippen molar-refractivity contribution in [1.82, 2.24) is 24.8 Å². The van der Waals surface area contributed by atoms with E-state index in [1.807, 2.05) is 37.4 Å². The van der Waals surface area contributed by atoms with Crippen molar-refractivity contribution in [2.24, 2.45) is 18.4 Å². The number of imidazole rings is 1. The van der Waals surface area contributed by atoms with E-state index in [1.165, 1.54) is 0 Å². The van der Waals surface area contributed by atoms with Crippen molar-refractivity contribution in [3.05, 3.63) is 52.8 Å². The molecule has 1 saturated carbocycles. The lowest BCUT2D eigenvalue weighted by Gasteiger charge is -2.30. The minimum Gasteiger partial charge on any atom is -0.346 e. The van der Waals surface area contributed by atoms with Gasteiger partial charge in [-0.15, -0.1) is 0 Å². The van der Waals surface area contributed by atoms with Crippen molar-refractivity contribution in [3.8, 4) is 11.3 Å². The second-order valence-corrected chi connectivity index (χ2v) is 11.7. The van der Waals surface area contributed by atoms with Crippen LogP contribution in [-0.4, -0.2) is 51.3 Å². The molecule has 0 unspecified atom stereocenters. The van der Waals surface area contributed by atoms with Crippen molar-refractivity contribution in [2.45, 2.75) is 70.8 Å². The van der Waals surface area contributed by atoms with Crippen molar-refractivity contribution in [1.29, 1.82) is 0 Å². The number of benzene rings is 1. The summed E-state index contributed by atoms with van der Waals surface area (Å²) >= 11 is 0. The molecule has 1 saturated heterocycles. The van der Waals surface area contributed by atoms with Crippen LogP contribution in [0.5, 0.6) is 0 Å². The van der Waals surface area contributed by atoms with Gasteiger partial charge < -0.3 is 19.8 Å². The number of likely N-dealkylation sites (tertiary alicyclic amines) is 1. The zero-order chi connectivity index (χ0) is 27.6. The number of pyridine rings is 1. The van der Waals surface area contributed by atoms with E-state index in [-0.39, 0.29) is 28.8 Å². The van der Waals surface area contributed by atoms with Gasteiger partial charge in [0, 0.05) is 43.0 Å². The second kappa shape index (κ2) is 11.5. The molecule has 0 bridgehead atoms. The molecule has 2 N–H and O–H groups in total. The molecule has 2 atom stereocenters. The summed E-state index contributed by atoms with van der Waals surface area (Å²) in [5, 5.41) is 4.91. The Bertz CT molecular complexity index is 1400. The summed E-state index contributed by atoms with van der Waals surface area (Å²) in [5.74, 6) is 1.30. The molecule has 3 heterocycles. The largest absolute Gasteiger partial charge is 0.346 e. The van der Waals surface area contributed by atoms with E-state index >= 15 is 0 Å². The molecule has 3 aromatic rings. The molecule has 1 aliphatic heterocycles. The first-order chi connectivity index (χ1) is 18.8. The molecule has 5 rings (SSSR count). The lowest BCUT2D eigenvalue weighted by Crippen LogP contribution is -2.36. The summed E-state index contributed by atoms with van der Waals surface area (Å²) < 4.78 is 1.58. The third-order valence-corrected chi connectivity index (χ3v) is 8.96. The van der Waals surface area contributed by atoms with Gasteiger partial charge in [-0.05, 0) is 81.2 Å². The summed E-state index contributed by atoms with van der Waals surface area (Å²) in [4.78, 5) is 48.0. The molecule has 1 spiro atoms. The number of carbonyl (C=O) groups excluding carboxylic acids is 2. The second-order valence-electron chi connectivity index (χ2n) is 11.7. The Labute approximate surface area is 230 Å². The molecule has 8 heteroatoms. The number of unbranched alkanes of at least 4 members (excludes halogenated alkanes) is 2. The highest BCUT2D eigenvalue weighted by Crippen LogP contribution is 2.59. The highest BCUT2D eigenvalue weighted by Gasteiger charge is 2.58. The van der Waals surface area contributed by atoms with E-state index < -0.39 is 0 Å². The monoisotopic (exact) mass is 531 g/mol. The highest BCUT2D eigenvalue weighted by atomic mass is 16.2. The quantitative estimate of drug-likeness (QED) is 0.348. The molecule has 0 radical (unpaired) electrons. The van der Waals surface area contributed by atoms with Crippen molar-refractivity contribution >= 4 is 22.5 Å². The van der Waals surface area contributed by atoms with Crippen LogP contribution in [0.1, 0.15) is 76.6 Å². The average Bonchev–Trinajstić information content (AvgIpc) is 3.42. The minimum absolute atomic E-state index is 0.0183. The third-order valence-electron chi connectivity index (χ3n) is 8.96. The van der Waals surface area contributed by atoms with Crippen LogP contribution in [0.25, 0.3) is 22.0 Å². The van der Waals surface area contributed by atoms with E-state index in [9.17, 15) is 14.4 Å². The minimum atomic E-state index is -0.204. The Morgan fingerprint density at radius 1 is 1.15 bits per heavy atom. The zero-order valence-electron chi connectivity index (χ0n) is 23.5. The summed E-state index contributed by atoms with van der Waals surface area (Å²) in [6, 6.07) is 7.54. The van der Waals surface area contributed by atoms with Gasteiger partial charge in [0.15, 0.2) is 0 Å². The number of fused-ring (bicyclic) bond motifs is 1. The number of carbonyl (C=O) groups is 2. The Morgan fingerprint density at radius 3 is 2.72 bits per heavy atom.